The van der Waals surface area contributed by atoms with Crippen LogP contribution in [0, 0.1) is 5.41 Å². The van der Waals surface area contributed by atoms with Crippen LogP contribution in [0.5, 0.6) is 5.75 Å². The molecule has 0 aliphatic heterocycles. The third kappa shape index (κ3) is 4.93. The highest BCUT2D eigenvalue weighted by atomic mass is 35.5. The van der Waals surface area contributed by atoms with Crippen LogP contribution in [-0.4, -0.2) is 30.1 Å². The molecule has 1 amide bonds. The van der Waals surface area contributed by atoms with E-state index in [2.05, 4.69) is 5.32 Å². The van der Waals surface area contributed by atoms with Crippen LogP contribution < -0.4 is 10.1 Å². The molecule has 0 aliphatic carbocycles. The summed E-state index contributed by atoms with van der Waals surface area (Å²) in [5.41, 5.74) is 0.0282. The van der Waals surface area contributed by atoms with E-state index in [1.807, 2.05) is 0 Å². The second-order valence-corrected chi connectivity index (χ2v) is 6.27. The lowest BCUT2D eigenvalue weighted by atomic mass is 9.86. The quantitative estimate of drug-likeness (QED) is 0.875. The molecule has 1 atom stereocenters. The van der Waals surface area contributed by atoms with Gasteiger partial charge in [-0.1, -0.05) is 32.4 Å². The number of carbonyl (C=O) groups is 2. The molecule has 0 bridgehead atoms. The van der Waals surface area contributed by atoms with Crippen LogP contribution in [0.15, 0.2) is 18.2 Å². The van der Waals surface area contributed by atoms with Gasteiger partial charge in [0.25, 0.3) is 0 Å². The summed E-state index contributed by atoms with van der Waals surface area (Å²) in [5, 5.41) is 12.2. The first-order valence-electron chi connectivity index (χ1n) is 6.49. The van der Waals surface area contributed by atoms with Crippen molar-refractivity contribution in [3.63, 3.8) is 0 Å². The monoisotopic (exact) mass is 313 g/mol. The Morgan fingerprint density at radius 1 is 1.38 bits per heavy atom. The number of halogens is 1. The molecule has 1 aromatic rings. The predicted molar refractivity (Wildman–Crippen MR) is 80.7 cm³/mol. The number of carboxylic acid groups (broad SMARTS) is 1. The van der Waals surface area contributed by atoms with E-state index >= 15 is 0 Å². The van der Waals surface area contributed by atoms with Crippen LogP contribution >= 0.6 is 11.6 Å². The molecule has 1 rings (SSSR count). The molecule has 0 fully saturated rings. The first-order valence-corrected chi connectivity index (χ1v) is 6.87. The Balaban J connectivity index is 2.86. The number of rotatable bonds is 5. The van der Waals surface area contributed by atoms with Crippen molar-refractivity contribution in [3.05, 3.63) is 28.8 Å². The van der Waals surface area contributed by atoms with E-state index in [9.17, 15) is 14.7 Å². The molecule has 0 spiro atoms. The SMILES string of the molecule is COc1ccc(Cl)cc1CC(=O)N[C@H](C(=O)O)C(C)(C)C. The zero-order valence-electron chi connectivity index (χ0n) is 12.6. The molecule has 6 heteroatoms. The zero-order valence-corrected chi connectivity index (χ0v) is 13.3. The van der Waals surface area contributed by atoms with Gasteiger partial charge in [-0.25, -0.2) is 4.79 Å². The van der Waals surface area contributed by atoms with Crippen molar-refractivity contribution in [2.75, 3.05) is 7.11 Å². The van der Waals surface area contributed by atoms with Crippen molar-refractivity contribution in [2.24, 2.45) is 5.41 Å². The van der Waals surface area contributed by atoms with Gasteiger partial charge >= 0.3 is 5.97 Å². The lowest BCUT2D eigenvalue weighted by Crippen LogP contribution is -2.49. The number of hydrogen-bond donors (Lipinski definition) is 2. The summed E-state index contributed by atoms with van der Waals surface area (Å²) in [6, 6.07) is 4.00. The summed E-state index contributed by atoms with van der Waals surface area (Å²) in [6.07, 6.45) is 0.00356. The van der Waals surface area contributed by atoms with Gasteiger partial charge in [-0.15, -0.1) is 0 Å². The summed E-state index contributed by atoms with van der Waals surface area (Å²) in [7, 11) is 1.50. The van der Waals surface area contributed by atoms with Crippen molar-refractivity contribution >= 4 is 23.5 Å². The van der Waals surface area contributed by atoms with Crippen molar-refractivity contribution in [1.82, 2.24) is 5.32 Å². The van der Waals surface area contributed by atoms with Gasteiger partial charge < -0.3 is 15.2 Å². The minimum absolute atomic E-state index is 0.00356. The second kappa shape index (κ2) is 6.80. The minimum atomic E-state index is -1.06. The van der Waals surface area contributed by atoms with Crippen molar-refractivity contribution in [2.45, 2.75) is 33.2 Å². The van der Waals surface area contributed by atoms with Gasteiger partial charge in [0.05, 0.1) is 13.5 Å². The maximum absolute atomic E-state index is 12.1. The molecule has 0 saturated carbocycles. The number of methoxy groups -OCH3 is 1. The molecule has 0 aromatic heterocycles. The van der Waals surface area contributed by atoms with Crippen molar-refractivity contribution < 1.29 is 19.4 Å². The van der Waals surface area contributed by atoms with Crippen LogP contribution in [0.1, 0.15) is 26.3 Å². The lowest BCUT2D eigenvalue weighted by molar-refractivity contribution is -0.144. The molecule has 0 unspecified atom stereocenters. The molecule has 0 heterocycles. The van der Waals surface area contributed by atoms with Gasteiger partial charge in [0.15, 0.2) is 0 Å². The number of amides is 1. The van der Waals surface area contributed by atoms with E-state index in [0.717, 1.165) is 0 Å². The molecule has 0 radical (unpaired) electrons. The number of carboxylic acids is 1. The number of aliphatic carboxylic acids is 1. The first kappa shape index (κ1) is 17.3. The van der Waals surface area contributed by atoms with Gasteiger partial charge in [0.1, 0.15) is 11.8 Å². The fourth-order valence-corrected chi connectivity index (χ4v) is 2.11. The molecular formula is C15H20ClNO4. The molecule has 1 aromatic carbocycles. The number of ether oxygens (including phenoxy) is 1. The normalized spacial score (nSPS) is 12.6. The Labute approximate surface area is 129 Å². The van der Waals surface area contributed by atoms with Crippen LogP contribution in [-0.2, 0) is 16.0 Å². The standard InChI is InChI=1S/C15H20ClNO4/c1-15(2,3)13(14(19)20)17-12(18)8-9-7-10(16)5-6-11(9)21-4/h5-7,13H,8H2,1-4H3,(H,17,18)(H,19,20)/t13-/m1/s1. The van der Waals surface area contributed by atoms with E-state index < -0.39 is 23.3 Å². The summed E-state index contributed by atoms with van der Waals surface area (Å²) < 4.78 is 5.17. The highest BCUT2D eigenvalue weighted by molar-refractivity contribution is 6.30. The Kier molecular flexibility index (Phi) is 5.61. The van der Waals surface area contributed by atoms with Crippen LogP contribution in [0.25, 0.3) is 0 Å². The first-order chi connectivity index (χ1) is 9.65. The smallest absolute Gasteiger partial charge is 0.326 e. The molecule has 0 saturated heterocycles. The third-order valence-corrected chi connectivity index (χ3v) is 3.25. The molecular weight excluding hydrogens is 294 g/mol. The third-order valence-electron chi connectivity index (χ3n) is 3.01. The average molecular weight is 314 g/mol. The summed E-state index contributed by atoms with van der Waals surface area (Å²) in [5.74, 6) is -0.913. The fraction of sp³-hybridized carbons (Fsp3) is 0.467. The van der Waals surface area contributed by atoms with Gasteiger partial charge in [-0.2, -0.15) is 0 Å². The van der Waals surface area contributed by atoms with Gasteiger partial charge in [-0.3, -0.25) is 4.79 Å². The van der Waals surface area contributed by atoms with Gasteiger partial charge in [0, 0.05) is 10.6 Å². The fourth-order valence-electron chi connectivity index (χ4n) is 1.92. The Morgan fingerprint density at radius 3 is 2.48 bits per heavy atom. The summed E-state index contributed by atoms with van der Waals surface area (Å²) in [6.45, 7) is 5.27. The maximum atomic E-state index is 12.1. The maximum Gasteiger partial charge on any atom is 0.326 e. The molecule has 5 nitrogen and oxygen atoms in total. The molecule has 21 heavy (non-hydrogen) atoms. The second-order valence-electron chi connectivity index (χ2n) is 5.84. The predicted octanol–water partition coefficient (Wildman–Crippen LogP) is 2.51. The number of benzene rings is 1. The summed E-state index contributed by atoms with van der Waals surface area (Å²) >= 11 is 5.90. The van der Waals surface area contributed by atoms with Gasteiger partial charge in [0.2, 0.25) is 5.91 Å². The highest BCUT2D eigenvalue weighted by Crippen LogP contribution is 2.24. The zero-order chi connectivity index (χ0) is 16.2. The van der Waals surface area contributed by atoms with Gasteiger partial charge in [-0.05, 0) is 23.6 Å². The van der Waals surface area contributed by atoms with Crippen LogP contribution in [0.3, 0.4) is 0 Å². The van der Waals surface area contributed by atoms with E-state index in [0.29, 0.717) is 16.3 Å². The molecule has 0 aliphatic rings. The lowest BCUT2D eigenvalue weighted by Gasteiger charge is -2.27. The summed E-state index contributed by atoms with van der Waals surface area (Å²) in [4.78, 5) is 23.3. The Bertz CT molecular complexity index is 537. The van der Waals surface area contributed by atoms with E-state index in [4.69, 9.17) is 16.3 Å². The van der Waals surface area contributed by atoms with E-state index in [1.165, 1.54) is 7.11 Å². The number of hydrogen-bond acceptors (Lipinski definition) is 3. The molecule has 116 valence electrons. The number of carbonyl (C=O) groups excluding carboxylic acids is 1. The van der Waals surface area contributed by atoms with E-state index in [1.54, 1.807) is 39.0 Å². The molecule has 2 N–H and O–H groups in total. The van der Waals surface area contributed by atoms with Crippen molar-refractivity contribution in [1.29, 1.82) is 0 Å². The average Bonchev–Trinajstić information content (AvgIpc) is 2.34. The van der Waals surface area contributed by atoms with Crippen LogP contribution in [0.2, 0.25) is 5.02 Å². The van der Waals surface area contributed by atoms with E-state index in [-0.39, 0.29) is 6.42 Å². The Hall–Kier alpha value is -1.75. The highest BCUT2D eigenvalue weighted by Gasteiger charge is 2.32. The topological polar surface area (TPSA) is 75.6 Å². The largest absolute Gasteiger partial charge is 0.496 e. The number of nitrogens with one attached hydrogen (secondary N) is 1. The van der Waals surface area contributed by atoms with Crippen LogP contribution in [0.4, 0.5) is 0 Å². The van der Waals surface area contributed by atoms with Crippen molar-refractivity contribution in [3.8, 4) is 5.75 Å². The minimum Gasteiger partial charge on any atom is -0.496 e. The Morgan fingerprint density at radius 2 is 2.00 bits per heavy atom.